The highest BCUT2D eigenvalue weighted by molar-refractivity contribution is 6.30. The van der Waals surface area contributed by atoms with Crippen LogP contribution in [0.3, 0.4) is 0 Å². The maximum atomic E-state index is 14.0. The van der Waals surface area contributed by atoms with Crippen molar-refractivity contribution in [2.75, 3.05) is 7.11 Å². The summed E-state index contributed by atoms with van der Waals surface area (Å²) in [5.74, 6) is -0.833. The molecule has 0 saturated heterocycles. The average Bonchev–Trinajstić information content (AvgIpc) is 3.00. The summed E-state index contributed by atoms with van der Waals surface area (Å²) >= 11 is 6.15. The third-order valence-corrected chi connectivity index (χ3v) is 4.80. The number of hydrogen-bond acceptors (Lipinski definition) is 4. The zero-order valence-corrected chi connectivity index (χ0v) is 17.3. The van der Waals surface area contributed by atoms with Gasteiger partial charge in [0.1, 0.15) is 11.6 Å². The number of amides is 1. The summed E-state index contributed by atoms with van der Waals surface area (Å²) in [6, 6.07) is 12.7. The number of carbonyl (C=O) groups excluding carboxylic acids is 1. The number of methoxy groups -OCH3 is 1. The molecule has 0 saturated carbocycles. The molecule has 3 rings (SSSR count). The lowest BCUT2D eigenvalue weighted by atomic mass is 10.1. The number of hydrogen-bond donors (Lipinski definition) is 1. The number of halogens is 2. The van der Waals surface area contributed by atoms with E-state index < -0.39 is 11.7 Å². The van der Waals surface area contributed by atoms with E-state index in [1.165, 1.54) is 18.3 Å². The lowest BCUT2D eigenvalue weighted by Gasteiger charge is -2.14. The fourth-order valence-corrected chi connectivity index (χ4v) is 3.28. The summed E-state index contributed by atoms with van der Waals surface area (Å²) in [6.07, 6.45) is 1.48. The SMILES string of the molecule is COc1ccc(Cl)cc1-n1c(C)cc(/C=N\NC(=O)c2ccc(C#N)cc2F)c1C. The molecule has 0 aliphatic carbocycles. The van der Waals surface area contributed by atoms with E-state index in [9.17, 15) is 9.18 Å². The van der Waals surface area contributed by atoms with Crippen LogP contribution in [0.1, 0.15) is 32.9 Å². The largest absolute Gasteiger partial charge is 0.495 e. The topological polar surface area (TPSA) is 79.4 Å². The predicted molar refractivity (Wildman–Crippen MR) is 113 cm³/mol. The molecule has 3 aromatic rings. The van der Waals surface area contributed by atoms with Crippen molar-refractivity contribution in [2.24, 2.45) is 5.10 Å². The van der Waals surface area contributed by atoms with E-state index in [2.05, 4.69) is 10.5 Å². The van der Waals surface area contributed by atoms with E-state index in [1.54, 1.807) is 25.3 Å². The average molecular weight is 425 g/mol. The first kappa shape index (κ1) is 21.1. The van der Waals surface area contributed by atoms with Crippen LogP contribution in [-0.4, -0.2) is 23.8 Å². The zero-order chi connectivity index (χ0) is 21.8. The number of aromatic nitrogens is 1. The van der Waals surface area contributed by atoms with Crippen LogP contribution in [0.2, 0.25) is 5.02 Å². The molecule has 152 valence electrons. The first-order valence-corrected chi connectivity index (χ1v) is 9.29. The molecule has 0 atom stereocenters. The van der Waals surface area contributed by atoms with Gasteiger partial charge in [-0.1, -0.05) is 11.6 Å². The van der Waals surface area contributed by atoms with E-state index >= 15 is 0 Å². The number of ether oxygens (including phenoxy) is 1. The number of nitriles is 1. The second kappa shape index (κ2) is 8.80. The molecule has 1 N–H and O–H groups in total. The fraction of sp³-hybridized carbons (Fsp3) is 0.136. The van der Waals surface area contributed by atoms with Crippen molar-refractivity contribution in [1.29, 1.82) is 5.26 Å². The van der Waals surface area contributed by atoms with Crippen molar-refractivity contribution < 1.29 is 13.9 Å². The van der Waals surface area contributed by atoms with E-state index in [-0.39, 0.29) is 11.1 Å². The first-order chi connectivity index (χ1) is 14.3. The highest BCUT2D eigenvalue weighted by Crippen LogP contribution is 2.30. The quantitative estimate of drug-likeness (QED) is 0.482. The van der Waals surface area contributed by atoms with Crippen LogP contribution < -0.4 is 10.2 Å². The van der Waals surface area contributed by atoms with Gasteiger partial charge in [-0.2, -0.15) is 10.4 Å². The summed E-state index contributed by atoms with van der Waals surface area (Å²) in [5, 5.41) is 13.3. The van der Waals surface area contributed by atoms with E-state index in [4.69, 9.17) is 21.6 Å². The number of rotatable bonds is 5. The number of nitrogens with one attached hydrogen (secondary N) is 1. The normalized spacial score (nSPS) is 10.8. The maximum absolute atomic E-state index is 14.0. The molecule has 0 aliphatic rings. The van der Waals surface area contributed by atoms with Gasteiger partial charge >= 0.3 is 0 Å². The van der Waals surface area contributed by atoms with Crippen LogP contribution in [0, 0.1) is 31.0 Å². The molecule has 0 radical (unpaired) electrons. The Bertz CT molecular complexity index is 1190. The molecule has 0 aliphatic heterocycles. The van der Waals surface area contributed by atoms with Crippen LogP contribution in [0.25, 0.3) is 5.69 Å². The lowest BCUT2D eigenvalue weighted by molar-refractivity contribution is 0.0951. The van der Waals surface area contributed by atoms with Gasteiger partial charge in [0.05, 0.1) is 36.2 Å². The third kappa shape index (κ3) is 4.19. The van der Waals surface area contributed by atoms with Gasteiger partial charge < -0.3 is 9.30 Å². The number of nitrogens with zero attached hydrogens (tertiary/aromatic N) is 3. The van der Waals surface area contributed by atoms with Gasteiger partial charge in [0, 0.05) is 22.0 Å². The first-order valence-electron chi connectivity index (χ1n) is 8.91. The van der Waals surface area contributed by atoms with Crippen LogP contribution in [0.4, 0.5) is 4.39 Å². The van der Waals surface area contributed by atoms with Gasteiger partial charge in [-0.3, -0.25) is 4.79 Å². The Balaban J connectivity index is 1.84. The summed E-state index contributed by atoms with van der Waals surface area (Å²) in [7, 11) is 1.58. The van der Waals surface area contributed by atoms with Crippen molar-refractivity contribution in [3.8, 4) is 17.5 Å². The minimum absolute atomic E-state index is 0.136. The Hall–Kier alpha value is -3.63. The highest BCUT2D eigenvalue weighted by Gasteiger charge is 2.15. The molecule has 0 unspecified atom stereocenters. The molecule has 30 heavy (non-hydrogen) atoms. The molecule has 6 nitrogen and oxygen atoms in total. The summed E-state index contributed by atoms with van der Waals surface area (Å²) < 4.78 is 21.4. The van der Waals surface area contributed by atoms with Gasteiger partial charge in [-0.25, -0.2) is 9.82 Å². The van der Waals surface area contributed by atoms with Crippen molar-refractivity contribution >= 4 is 23.7 Å². The van der Waals surface area contributed by atoms with Crippen molar-refractivity contribution in [2.45, 2.75) is 13.8 Å². The van der Waals surface area contributed by atoms with Crippen LogP contribution >= 0.6 is 11.6 Å². The van der Waals surface area contributed by atoms with Crippen LogP contribution in [-0.2, 0) is 0 Å². The molecule has 0 fully saturated rings. The van der Waals surface area contributed by atoms with E-state index in [1.807, 2.05) is 30.6 Å². The van der Waals surface area contributed by atoms with Gasteiger partial charge in [0.25, 0.3) is 5.91 Å². The maximum Gasteiger partial charge on any atom is 0.274 e. The Labute approximate surface area is 178 Å². The molecule has 1 aromatic heterocycles. The third-order valence-electron chi connectivity index (χ3n) is 4.56. The minimum atomic E-state index is -0.784. The van der Waals surface area contributed by atoms with Crippen molar-refractivity contribution in [3.63, 3.8) is 0 Å². The van der Waals surface area contributed by atoms with Gasteiger partial charge in [-0.15, -0.1) is 0 Å². The summed E-state index contributed by atoms with van der Waals surface area (Å²) in [5.41, 5.74) is 5.56. The molecule has 1 heterocycles. The number of hydrazone groups is 1. The molecule has 0 bridgehead atoms. The molecule has 8 heteroatoms. The van der Waals surface area contributed by atoms with Crippen LogP contribution in [0.5, 0.6) is 5.75 Å². The van der Waals surface area contributed by atoms with Gasteiger partial charge in [0.15, 0.2) is 0 Å². The smallest absolute Gasteiger partial charge is 0.274 e. The Morgan fingerprint density at radius 1 is 1.27 bits per heavy atom. The highest BCUT2D eigenvalue weighted by atomic mass is 35.5. The predicted octanol–water partition coefficient (Wildman–Crippen LogP) is 4.53. The molecular formula is C22H18ClFN4O2. The molecule has 2 aromatic carbocycles. The van der Waals surface area contributed by atoms with Crippen molar-refractivity contribution in [1.82, 2.24) is 9.99 Å². The molecular weight excluding hydrogens is 407 g/mol. The monoisotopic (exact) mass is 424 g/mol. The Kier molecular flexibility index (Phi) is 6.19. The molecule has 0 spiro atoms. The number of aryl methyl sites for hydroxylation is 1. The van der Waals surface area contributed by atoms with Crippen LogP contribution in [0.15, 0.2) is 47.6 Å². The molecule has 1 amide bonds. The van der Waals surface area contributed by atoms with E-state index in [0.29, 0.717) is 10.8 Å². The summed E-state index contributed by atoms with van der Waals surface area (Å²) in [6.45, 7) is 3.83. The van der Waals surface area contributed by atoms with E-state index in [0.717, 1.165) is 28.7 Å². The standard InChI is InChI=1S/C22H18ClFN4O2/c1-13-8-16(14(2)28(13)20-10-17(23)5-7-21(20)30-3)12-26-27-22(29)18-6-4-15(11-25)9-19(18)24/h4-10,12H,1-3H3,(H,27,29)/b26-12-. The number of benzene rings is 2. The van der Waals surface area contributed by atoms with Crippen molar-refractivity contribution in [3.05, 3.63) is 81.4 Å². The number of carbonyl (C=O) groups is 1. The minimum Gasteiger partial charge on any atom is -0.495 e. The Morgan fingerprint density at radius 2 is 2.03 bits per heavy atom. The Morgan fingerprint density at radius 3 is 2.70 bits per heavy atom. The lowest BCUT2D eigenvalue weighted by Crippen LogP contribution is -2.19. The zero-order valence-electron chi connectivity index (χ0n) is 16.5. The van der Waals surface area contributed by atoms with Gasteiger partial charge in [0.2, 0.25) is 0 Å². The van der Waals surface area contributed by atoms with Gasteiger partial charge in [-0.05, 0) is 56.3 Å². The fourth-order valence-electron chi connectivity index (χ4n) is 3.12. The summed E-state index contributed by atoms with van der Waals surface area (Å²) in [4.78, 5) is 12.2. The second-order valence-corrected chi connectivity index (χ2v) is 6.92. The second-order valence-electron chi connectivity index (χ2n) is 6.48.